The minimum atomic E-state index is 0.648. The molecule has 168 valence electrons. The van der Waals surface area contributed by atoms with Gasteiger partial charge in [0, 0.05) is 0 Å². The molecule has 0 radical (unpaired) electrons. The van der Waals surface area contributed by atoms with E-state index in [1.54, 1.807) is 6.42 Å². The van der Waals surface area contributed by atoms with E-state index in [1.807, 2.05) is 0 Å². The van der Waals surface area contributed by atoms with Crippen molar-refractivity contribution in [3.63, 3.8) is 0 Å². The van der Waals surface area contributed by atoms with Crippen LogP contribution in [-0.2, 0) is 0 Å². The summed E-state index contributed by atoms with van der Waals surface area (Å²) in [6.07, 6.45) is 21.8. The lowest BCUT2D eigenvalue weighted by atomic mass is 9.75. The zero-order valence-corrected chi connectivity index (χ0v) is 21.0. The zero-order valence-electron chi connectivity index (χ0n) is 21.0. The minimum absolute atomic E-state index is 0.648. The van der Waals surface area contributed by atoms with Crippen LogP contribution in [0.2, 0.25) is 0 Å². The van der Waals surface area contributed by atoms with Crippen LogP contribution < -0.4 is 0 Å². The summed E-state index contributed by atoms with van der Waals surface area (Å²) in [4.78, 5) is 0. The smallest absolute Gasteiger partial charge is 0.0295 e. The Kier molecular flexibility index (Phi) is 13.1. The van der Waals surface area contributed by atoms with Gasteiger partial charge in [-0.15, -0.1) is 0 Å². The molecule has 0 heterocycles. The normalized spacial score (nSPS) is 24.5. The van der Waals surface area contributed by atoms with Crippen molar-refractivity contribution >= 4 is 0 Å². The van der Waals surface area contributed by atoms with Gasteiger partial charge in [0.25, 0.3) is 0 Å². The Labute approximate surface area is 180 Å². The van der Waals surface area contributed by atoms with Crippen LogP contribution in [-0.4, -0.2) is 0 Å². The molecule has 1 aliphatic rings. The third-order valence-electron chi connectivity index (χ3n) is 8.42. The molecule has 0 aromatic rings. The van der Waals surface area contributed by atoms with Gasteiger partial charge in [-0.3, -0.25) is 0 Å². The Morgan fingerprint density at radius 3 is 2.07 bits per heavy atom. The van der Waals surface area contributed by atoms with Crippen molar-refractivity contribution in [2.75, 3.05) is 0 Å². The first-order chi connectivity index (χ1) is 13.4. The van der Waals surface area contributed by atoms with E-state index in [-0.39, 0.29) is 0 Å². The Balaban J connectivity index is 2.29. The SMILES string of the molecule is CCCCCCCCC(C)(CCC)C1CC1CC(C)CCCC(C)C(C)CC. The van der Waals surface area contributed by atoms with E-state index in [9.17, 15) is 0 Å². The molecule has 0 nitrogen and oxygen atoms in total. The second-order valence-corrected chi connectivity index (χ2v) is 11.2. The highest BCUT2D eigenvalue weighted by molar-refractivity contribution is 4.98. The Bertz CT molecular complexity index is 372. The summed E-state index contributed by atoms with van der Waals surface area (Å²) in [5.74, 6) is 4.86. The molecule has 6 unspecified atom stereocenters. The molecule has 0 amide bonds. The minimum Gasteiger partial charge on any atom is -0.0654 e. The molecule has 0 aromatic heterocycles. The van der Waals surface area contributed by atoms with Crippen molar-refractivity contribution in [3.8, 4) is 0 Å². The topological polar surface area (TPSA) is 0 Å². The van der Waals surface area contributed by atoms with Crippen molar-refractivity contribution in [2.24, 2.45) is 35.0 Å². The van der Waals surface area contributed by atoms with E-state index in [0.717, 1.165) is 29.6 Å². The highest BCUT2D eigenvalue weighted by atomic mass is 14.5. The van der Waals surface area contributed by atoms with Gasteiger partial charge in [0.15, 0.2) is 0 Å². The van der Waals surface area contributed by atoms with Crippen molar-refractivity contribution in [3.05, 3.63) is 0 Å². The van der Waals surface area contributed by atoms with E-state index in [2.05, 4.69) is 48.5 Å². The lowest BCUT2D eigenvalue weighted by Crippen LogP contribution is -2.20. The maximum Gasteiger partial charge on any atom is -0.0295 e. The van der Waals surface area contributed by atoms with Gasteiger partial charge in [-0.05, 0) is 60.7 Å². The standard InChI is InChI=1S/C28H56/c1-8-11-12-13-14-15-20-28(7,19-9-2)27-22-26(27)21-23(4)17-16-18-25(6)24(5)10-3/h23-27H,8-22H2,1-7H3. The van der Waals surface area contributed by atoms with Crippen LogP contribution in [0, 0.1) is 35.0 Å². The molecule has 0 saturated heterocycles. The van der Waals surface area contributed by atoms with Crippen molar-refractivity contribution in [2.45, 2.75) is 145 Å². The third-order valence-corrected chi connectivity index (χ3v) is 8.42. The Morgan fingerprint density at radius 1 is 0.750 bits per heavy atom. The summed E-state index contributed by atoms with van der Waals surface area (Å²) < 4.78 is 0. The van der Waals surface area contributed by atoms with Gasteiger partial charge in [-0.25, -0.2) is 0 Å². The molecule has 0 aromatic carbocycles. The van der Waals surface area contributed by atoms with Crippen molar-refractivity contribution < 1.29 is 0 Å². The number of hydrogen-bond donors (Lipinski definition) is 0. The fraction of sp³-hybridized carbons (Fsp3) is 1.00. The second-order valence-electron chi connectivity index (χ2n) is 11.2. The Hall–Kier alpha value is 0. The maximum absolute atomic E-state index is 2.64. The van der Waals surface area contributed by atoms with Crippen LogP contribution in [0.25, 0.3) is 0 Å². The summed E-state index contributed by atoms with van der Waals surface area (Å²) in [6, 6.07) is 0. The first-order valence-corrected chi connectivity index (χ1v) is 13.4. The van der Waals surface area contributed by atoms with E-state index < -0.39 is 0 Å². The highest BCUT2D eigenvalue weighted by Crippen LogP contribution is 2.57. The van der Waals surface area contributed by atoms with E-state index >= 15 is 0 Å². The van der Waals surface area contributed by atoms with Crippen LogP contribution >= 0.6 is 0 Å². The van der Waals surface area contributed by atoms with E-state index in [4.69, 9.17) is 0 Å². The largest absolute Gasteiger partial charge is 0.0654 e. The van der Waals surface area contributed by atoms with Crippen LogP contribution in [0.3, 0.4) is 0 Å². The fourth-order valence-corrected chi connectivity index (χ4v) is 5.85. The molecule has 1 fully saturated rings. The second kappa shape index (κ2) is 14.1. The predicted molar refractivity (Wildman–Crippen MR) is 129 cm³/mol. The summed E-state index contributed by atoms with van der Waals surface area (Å²) in [5.41, 5.74) is 0.648. The molecular weight excluding hydrogens is 336 g/mol. The highest BCUT2D eigenvalue weighted by Gasteiger charge is 2.48. The maximum atomic E-state index is 2.64. The molecule has 1 saturated carbocycles. The van der Waals surface area contributed by atoms with Gasteiger partial charge < -0.3 is 0 Å². The molecule has 0 aliphatic heterocycles. The average molecular weight is 393 g/mol. The van der Waals surface area contributed by atoms with Crippen molar-refractivity contribution in [1.82, 2.24) is 0 Å². The first kappa shape index (κ1) is 26.0. The molecule has 6 atom stereocenters. The lowest BCUT2D eigenvalue weighted by Gasteiger charge is -2.31. The molecule has 1 rings (SSSR count). The lowest BCUT2D eigenvalue weighted by molar-refractivity contribution is 0.198. The van der Waals surface area contributed by atoms with Crippen LogP contribution in [0.15, 0.2) is 0 Å². The summed E-state index contributed by atoms with van der Waals surface area (Å²) in [7, 11) is 0. The molecule has 0 spiro atoms. The number of hydrogen-bond acceptors (Lipinski definition) is 0. The predicted octanol–water partition coefficient (Wildman–Crippen LogP) is 10.1. The van der Waals surface area contributed by atoms with Crippen LogP contribution in [0.1, 0.15) is 145 Å². The third kappa shape index (κ3) is 9.67. The van der Waals surface area contributed by atoms with Gasteiger partial charge in [0.1, 0.15) is 0 Å². The molecule has 0 heteroatoms. The van der Waals surface area contributed by atoms with Crippen LogP contribution in [0.5, 0.6) is 0 Å². The van der Waals surface area contributed by atoms with E-state index in [0.29, 0.717) is 5.41 Å². The van der Waals surface area contributed by atoms with E-state index in [1.165, 1.54) is 89.9 Å². The quantitative estimate of drug-likeness (QED) is 0.203. The van der Waals surface area contributed by atoms with Crippen molar-refractivity contribution in [1.29, 1.82) is 0 Å². The molecule has 0 N–H and O–H groups in total. The number of rotatable bonds is 18. The van der Waals surface area contributed by atoms with Crippen LogP contribution in [0.4, 0.5) is 0 Å². The van der Waals surface area contributed by atoms with Gasteiger partial charge in [0.2, 0.25) is 0 Å². The van der Waals surface area contributed by atoms with Gasteiger partial charge in [-0.1, -0.05) is 119 Å². The Morgan fingerprint density at radius 2 is 1.43 bits per heavy atom. The zero-order chi connectivity index (χ0) is 21.0. The molecule has 0 bridgehead atoms. The fourth-order valence-electron chi connectivity index (χ4n) is 5.85. The summed E-state index contributed by atoms with van der Waals surface area (Å²) >= 11 is 0. The molecule has 28 heavy (non-hydrogen) atoms. The molecular formula is C28H56. The average Bonchev–Trinajstić information content (AvgIpc) is 3.43. The number of unbranched alkanes of at least 4 members (excludes halogenated alkanes) is 5. The summed E-state index contributed by atoms with van der Waals surface area (Å²) in [6.45, 7) is 17.1. The molecule has 1 aliphatic carbocycles. The van der Waals surface area contributed by atoms with Gasteiger partial charge in [0.05, 0.1) is 0 Å². The summed E-state index contributed by atoms with van der Waals surface area (Å²) in [5, 5.41) is 0. The van der Waals surface area contributed by atoms with Gasteiger partial charge >= 0.3 is 0 Å². The monoisotopic (exact) mass is 392 g/mol. The van der Waals surface area contributed by atoms with Gasteiger partial charge in [-0.2, -0.15) is 0 Å². The first-order valence-electron chi connectivity index (χ1n) is 13.4.